The lowest BCUT2D eigenvalue weighted by Crippen LogP contribution is -2.54. The lowest BCUT2D eigenvalue weighted by Gasteiger charge is -2.43. The van der Waals surface area contributed by atoms with Gasteiger partial charge in [0.1, 0.15) is 0 Å². The van der Waals surface area contributed by atoms with Crippen LogP contribution in [0, 0.1) is 12.8 Å². The van der Waals surface area contributed by atoms with Crippen molar-refractivity contribution in [2.75, 3.05) is 26.2 Å². The summed E-state index contributed by atoms with van der Waals surface area (Å²) < 4.78 is 5.10. The van der Waals surface area contributed by atoms with Gasteiger partial charge in [-0.05, 0) is 50.3 Å². The molecule has 4 rings (SSSR count). The van der Waals surface area contributed by atoms with Crippen LogP contribution in [0.1, 0.15) is 43.0 Å². The van der Waals surface area contributed by atoms with Crippen LogP contribution in [0.5, 0.6) is 0 Å². The van der Waals surface area contributed by atoms with Crippen LogP contribution >= 0.6 is 0 Å². The van der Waals surface area contributed by atoms with Gasteiger partial charge in [-0.2, -0.15) is 4.98 Å². The fraction of sp³-hybridized carbons (Fsp3) is 0.571. The summed E-state index contributed by atoms with van der Waals surface area (Å²) in [5.41, 5.74) is 0.768. The SMILES string of the molecule is Cc1nc(CC2CCCN(C(=O)C3(c4ccccc4)CCNCC3)C2)no1. The Morgan fingerprint density at radius 1 is 1.30 bits per heavy atom. The molecular formula is C21H28N4O2. The van der Waals surface area contributed by atoms with Crippen LogP contribution in [0.2, 0.25) is 0 Å². The van der Waals surface area contributed by atoms with Crippen LogP contribution in [-0.2, 0) is 16.6 Å². The molecule has 0 radical (unpaired) electrons. The standard InChI is InChI=1S/C21H28N4O2/c1-16-23-19(24-27-16)14-17-6-5-13-25(15-17)20(26)21(9-11-22-12-10-21)18-7-3-2-4-8-18/h2-4,7-8,17,22H,5-6,9-15H2,1H3. The predicted molar refractivity (Wildman–Crippen MR) is 102 cm³/mol. The molecule has 0 saturated carbocycles. The van der Waals surface area contributed by atoms with Gasteiger partial charge in [-0.3, -0.25) is 4.79 Å². The minimum Gasteiger partial charge on any atom is -0.342 e. The summed E-state index contributed by atoms with van der Waals surface area (Å²) in [6, 6.07) is 10.3. The lowest BCUT2D eigenvalue weighted by molar-refractivity contribution is -0.140. The number of aryl methyl sites for hydroxylation is 1. The smallest absolute Gasteiger partial charge is 0.233 e. The number of aromatic nitrogens is 2. The van der Waals surface area contributed by atoms with Crippen LogP contribution < -0.4 is 5.32 Å². The Kier molecular flexibility index (Phi) is 5.25. The molecule has 144 valence electrons. The number of hydrogen-bond acceptors (Lipinski definition) is 5. The second kappa shape index (κ2) is 7.80. The number of amides is 1. The minimum atomic E-state index is -0.392. The Bertz CT molecular complexity index is 767. The molecule has 0 bridgehead atoms. The van der Waals surface area contributed by atoms with Gasteiger partial charge in [0.2, 0.25) is 11.8 Å². The number of benzene rings is 1. The highest BCUT2D eigenvalue weighted by Crippen LogP contribution is 2.36. The van der Waals surface area contributed by atoms with Crippen molar-refractivity contribution in [1.29, 1.82) is 0 Å². The van der Waals surface area contributed by atoms with Crippen molar-refractivity contribution in [1.82, 2.24) is 20.4 Å². The molecular weight excluding hydrogens is 340 g/mol. The van der Waals surface area contributed by atoms with Crippen molar-refractivity contribution in [3.63, 3.8) is 0 Å². The van der Waals surface area contributed by atoms with E-state index < -0.39 is 5.41 Å². The molecule has 3 heterocycles. The Morgan fingerprint density at radius 3 is 2.78 bits per heavy atom. The van der Waals surface area contributed by atoms with Crippen LogP contribution in [0.15, 0.2) is 34.9 Å². The maximum Gasteiger partial charge on any atom is 0.233 e. The number of nitrogens with one attached hydrogen (secondary N) is 1. The molecule has 1 atom stereocenters. The average molecular weight is 368 g/mol. The first kappa shape index (κ1) is 18.2. The van der Waals surface area contributed by atoms with Crippen molar-refractivity contribution in [3.8, 4) is 0 Å². The van der Waals surface area contributed by atoms with E-state index in [0.29, 0.717) is 17.7 Å². The zero-order chi connectivity index (χ0) is 18.7. The first-order valence-corrected chi connectivity index (χ1v) is 10.0. The molecule has 1 N–H and O–H groups in total. The van der Waals surface area contributed by atoms with E-state index in [9.17, 15) is 4.79 Å². The van der Waals surface area contributed by atoms with Crippen molar-refractivity contribution < 1.29 is 9.32 Å². The van der Waals surface area contributed by atoms with Gasteiger partial charge in [0.05, 0.1) is 5.41 Å². The number of carbonyl (C=O) groups is 1. The van der Waals surface area contributed by atoms with Gasteiger partial charge in [-0.15, -0.1) is 0 Å². The maximum atomic E-state index is 13.7. The number of carbonyl (C=O) groups excluding carboxylic acids is 1. The second-order valence-electron chi connectivity index (χ2n) is 7.89. The molecule has 0 aliphatic carbocycles. The third-order valence-electron chi connectivity index (χ3n) is 6.04. The molecule has 2 fully saturated rings. The van der Waals surface area contributed by atoms with Gasteiger partial charge in [0.25, 0.3) is 0 Å². The van der Waals surface area contributed by atoms with E-state index >= 15 is 0 Å². The van der Waals surface area contributed by atoms with Gasteiger partial charge >= 0.3 is 0 Å². The Labute approximate surface area is 160 Å². The number of piperidine rings is 2. The van der Waals surface area contributed by atoms with Crippen LogP contribution in [0.3, 0.4) is 0 Å². The van der Waals surface area contributed by atoms with E-state index in [1.165, 1.54) is 0 Å². The third-order valence-corrected chi connectivity index (χ3v) is 6.04. The van der Waals surface area contributed by atoms with E-state index in [0.717, 1.165) is 69.7 Å². The van der Waals surface area contributed by atoms with Gasteiger partial charge < -0.3 is 14.7 Å². The highest BCUT2D eigenvalue weighted by atomic mass is 16.5. The Balaban J connectivity index is 1.52. The molecule has 1 amide bonds. The average Bonchev–Trinajstić information content (AvgIpc) is 3.13. The monoisotopic (exact) mass is 368 g/mol. The van der Waals surface area contributed by atoms with Crippen molar-refractivity contribution in [2.24, 2.45) is 5.92 Å². The van der Waals surface area contributed by atoms with Crippen molar-refractivity contribution >= 4 is 5.91 Å². The fourth-order valence-electron chi connectivity index (χ4n) is 4.64. The summed E-state index contributed by atoms with van der Waals surface area (Å²) in [6.07, 6.45) is 4.65. The van der Waals surface area contributed by atoms with Crippen LogP contribution in [0.4, 0.5) is 0 Å². The van der Waals surface area contributed by atoms with E-state index in [4.69, 9.17) is 4.52 Å². The van der Waals surface area contributed by atoms with Crippen molar-refractivity contribution in [2.45, 2.75) is 44.4 Å². The highest BCUT2D eigenvalue weighted by Gasteiger charge is 2.44. The predicted octanol–water partition coefficient (Wildman–Crippen LogP) is 2.48. The molecule has 1 aromatic heterocycles. The van der Waals surface area contributed by atoms with E-state index in [1.807, 2.05) is 25.1 Å². The quantitative estimate of drug-likeness (QED) is 0.898. The maximum absolute atomic E-state index is 13.7. The van der Waals surface area contributed by atoms with E-state index in [1.54, 1.807) is 0 Å². The summed E-state index contributed by atoms with van der Waals surface area (Å²) in [6.45, 7) is 5.23. The highest BCUT2D eigenvalue weighted by molar-refractivity contribution is 5.88. The lowest BCUT2D eigenvalue weighted by atomic mass is 9.71. The molecule has 0 spiro atoms. The molecule has 2 aliphatic rings. The molecule has 2 aliphatic heterocycles. The van der Waals surface area contributed by atoms with Crippen molar-refractivity contribution in [3.05, 3.63) is 47.6 Å². The zero-order valence-electron chi connectivity index (χ0n) is 16.0. The topological polar surface area (TPSA) is 71.3 Å². The van der Waals surface area contributed by atoms with Gasteiger partial charge in [-0.25, -0.2) is 0 Å². The summed E-state index contributed by atoms with van der Waals surface area (Å²) in [5.74, 6) is 2.05. The van der Waals surface area contributed by atoms with Crippen LogP contribution in [-0.4, -0.2) is 47.1 Å². The van der Waals surface area contributed by atoms with E-state index in [2.05, 4.69) is 32.5 Å². The Morgan fingerprint density at radius 2 is 2.07 bits per heavy atom. The summed E-state index contributed by atoms with van der Waals surface area (Å²) in [5, 5.41) is 7.45. The Hall–Kier alpha value is -2.21. The summed E-state index contributed by atoms with van der Waals surface area (Å²) in [7, 11) is 0. The third kappa shape index (κ3) is 3.76. The first-order chi connectivity index (χ1) is 13.2. The number of nitrogens with zero attached hydrogens (tertiary/aromatic N) is 3. The minimum absolute atomic E-state index is 0.296. The molecule has 6 nitrogen and oxygen atoms in total. The number of hydrogen-bond donors (Lipinski definition) is 1. The molecule has 1 aromatic carbocycles. The van der Waals surface area contributed by atoms with E-state index in [-0.39, 0.29) is 0 Å². The number of rotatable bonds is 4. The second-order valence-corrected chi connectivity index (χ2v) is 7.89. The van der Waals surface area contributed by atoms with Gasteiger partial charge in [0, 0.05) is 26.4 Å². The summed E-state index contributed by atoms with van der Waals surface area (Å²) >= 11 is 0. The van der Waals surface area contributed by atoms with Gasteiger partial charge in [-0.1, -0.05) is 35.5 Å². The zero-order valence-corrected chi connectivity index (χ0v) is 16.0. The fourth-order valence-corrected chi connectivity index (χ4v) is 4.64. The first-order valence-electron chi connectivity index (χ1n) is 10.0. The largest absolute Gasteiger partial charge is 0.342 e. The van der Waals surface area contributed by atoms with Crippen LogP contribution in [0.25, 0.3) is 0 Å². The van der Waals surface area contributed by atoms with Gasteiger partial charge in [0.15, 0.2) is 5.82 Å². The molecule has 6 heteroatoms. The molecule has 2 saturated heterocycles. The molecule has 27 heavy (non-hydrogen) atoms. The normalized spacial score (nSPS) is 22.6. The summed E-state index contributed by atoms with van der Waals surface area (Å²) in [4.78, 5) is 20.2. The molecule has 1 unspecified atom stereocenters. The number of likely N-dealkylation sites (tertiary alicyclic amines) is 1. The molecule has 2 aromatic rings.